The number of nitrogens with one attached hydrogen (secondary N) is 1. The van der Waals surface area contributed by atoms with Crippen LogP contribution in [0.5, 0.6) is 0 Å². The van der Waals surface area contributed by atoms with Crippen LogP contribution in [0.4, 0.5) is 18.9 Å². The lowest BCUT2D eigenvalue weighted by atomic mass is 10.1. The van der Waals surface area contributed by atoms with E-state index in [4.69, 9.17) is 0 Å². The van der Waals surface area contributed by atoms with Crippen molar-refractivity contribution in [3.63, 3.8) is 0 Å². The summed E-state index contributed by atoms with van der Waals surface area (Å²) >= 11 is 2.88. The van der Waals surface area contributed by atoms with Crippen molar-refractivity contribution < 1.29 is 18.3 Å². The van der Waals surface area contributed by atoms with E-state index in [1.165, 1.54) is 24.3 Å². The van der Waals surface area contributed by atoms with E-state index < -0.39 is 23.6 Å². The van der Waals surface area contributed by atoms with Crippen molar-refractivity contribution in [3.8, 4) is 0 Å². The molecule has 0 spiro atoms. The van der Waals surface area contributed by atoms with E-state index in [1.807, 2.05) is 0 Å². The van der Waals surface area contributed by atoms with Crippen molar-refractivity contribution >= 4 is 21.6 Å². The Labute approximate surface area is 122 Å². The van der Waals surface area contributed by atoms with Gasteiger partial charge in [-0.15, -0.1) is 0 Å². The third kappa shape index (κ3) is 3.52. The summed E-state index contributed by atoms with van der Waals surface area (Å²) in [5, 5.41) is 12.5. The smallest absolute Gasteiger partial charge is 0.147 e. The Morgan fingerprint density at radius 3 is 2.35 bits per heavy atom. The predicted molar refractivity (Wildman–Crippen MR) is 73.9 cm³/mol. The van der Waals surface area contributed by atoms with Gasteiger partial charge in [-0.05, 0) is 39.7 Å². The minimum absolute atomic E-state index is 0.0242. The average Bonchev–Trinajstić information content (AvgIpc) is 2.42. The average molecular weight is 346 g/mol. The molecular weight excluding hydrogens is 335 g/mol. The van der Waals surface area contributed by atoms with Gasteiger partial charge in [0.1, 0.15) is 17.5 Å². The largest absolute Gasteiger partial charge is 0.387 e. The molecule has 2 nitrogen and oxygen atoms in total. The molecule has 0 heterocycles. The molecular formula is C14H11BrF3NO. The molecule has 0 radical (unpaired) electrons. The highest BCUT2D eigenvalue weighted by Gasteiger charge is 2.11. The van der Waals surface area contributed by atoms with E-state index >= 15 is 0 Å². The van der Waals surface area contributed by atoms with Gasteiger partial charge in [0.2, 0.25) is 0 Å². The van der Waals surface area contributed by atoms with Crippen LogP contribution < -0.4 is 5.32 Å². The van der Waals surface area contributed by atoms with Crippen molar-refractivity contribution in [2.75, 3.05) is 11.9 Å². The first-order chi connectivity index (χ1) is 9.47. The van der Waals surface area contributed by atoms with Crippen LogP contribution in [-0.4, -0.2) is 11.7 Å². The van der Waals surface area contributed by atoms with Crippen molar-refractivity contribution in [3.05, 3.63) is 63.9 Å². The van der Waals surface area contributed by atoms with Crippen LogP contribution in [0.2, 0.25) is 0 Å². The number of aliphatic hydroxyl groups excluding tert-OH is 1. The lowest BCUT2D eigenvalue weighted by Gasteiger charge is -2.14. The molecule has 0 bridgehead atoms. The number of halogens is 4. The van der Waals surface area contributed by atoms with Gasteiger partial charge < -0.3 is 10.4 Å². The Bertz CT molecular complexity index is 604. The molecule has 2 aromatic rings. The molecule has 0 aliphatic heterocycles. The monoisotopic (exact) mass is 345 g/mol. The molecule has 2 aromatic carbocycles. The zero-order valence-corrected chi connectivity index (χ0v) is 11.8. The molecule has 2 N–H and O–H groups in total. The van der Waals surface area contributed by atoms with E-state index in [1.54, 1.807) is 0 Å². The summed E-state index contributed by atoms with van der Waals surface area (Å²) in [5.41, 5.74) is 0.434. The SMILES string of the molecule is OC(CNc1cc(F)c(Br)cc1F)c1ccc(F)cc1. The van der Waals surface area contributed by atoms with E-state index in [9.17, 15) is 18.3 Å². The van der Waals surface area contributed by atoms with Gasteiger partial charge in [0.05, 0.1) is 16.3 Å². The molecule has 0 aromatic heterocycles. The first-order valence-electron chi connectivity index (χ1n) is 5.79. The summed E-state index contributed by atoms with van der Waals surface area (Å²) < 4.78 is 39.6. The van der Waals surface area contributed by atoms with Crippen molar-refractivity contribution in [1.29, 1.82) is 0 Å². The molecule has 0 aliphatic carbocycles. The fourth-order valence-electron chi connectivity index (χ4n) is 1.67. The van der Waals surface area contributed by atoms with Gasteiger partial charge in [0, 0.05) is 12.6 Å². The number of anilines is 1. The Hall–Kier alpha value is -1.53. The number of hydrogen-bond acceptors (Lipinski definition) is 2. The first-order valence-corrected chi connectivity index (χ1v) is 6.58. The Kier molecular flexibility index (Phi) is 4.67. The summed E-state index contributed by atoms with van der Waals surface area (Å²) in [6.07, 6.45) is -0.957. The molecule has 0 amide bonds. The van der Waals surface area contributed by atoms with Crippen LogP contribution in [0.15, 0.2) is 40.9 Å². The maximum Gasteiger partial charge on any atom is 0.147 e. The number of benzene rings is 2. The number of rotatable bonds is 4. The lowest BCUT2D eigenvalue weighted by Crippen LogP contribution is -2.13. The Morgan fingerprint density at radius 1 is 1.05 bits per heavy atom. The van der Waals surface area contributed by atoms with Crippen LogP contribution in [0.25, 0.3) is 0 Å². The van der Waals surface area contributed by atoms with Gasteiger partial charge in [-0.1, -0.05) is 12.1 Å². The van der Waals surface area contributed by atoms with Gasteiger partial charge in [0.15, 0.2) is 0 Å². The van der Waals surface area contributed by atoms with E-state index in [2.05, 4.69) is 21.2 Å². The van der Waals surface area contributed by atoms with Crippen molar-refractivity contribution in [1.82, 2.24) is 0 Å². The summed E-state index contributed by atoms with van der Waals surface area (Å²) in [6, 6.07) is 7.30. The molecule has 6 heteroatoms. The van der Waals surface area contributed by atoms with E-state index in [0.29, 0.717) is 5.56 Å². The minimum Gasteiger partial charge on any atom is -0.387 e. The fourth-order valence-corrected chi connectivity index (χ4v) is 1.98. The van der Waals surface area contributed by atoms with Gasteiger partial charge >= 0.3 is 0 Å². The Balaban J connectivity index is 2.05. The topological polar surface area (TPSA) is 32.3 Å². The van der Waals surface area contributed by atoms with Gasteiger partial charge in [0.25, 0.3) is 0 Å². The summed E-state index contributed by atoms with van der Waals surface area (Å²) in [5.74, 6) is -1.65. The molecule has 2 rings (SSSR count). The highest BCUT2D eigenvalue weighted by atomic mass is 79.9. The molecule has 20 heavy (non-hydrogen) atoms. The third-order valence-corrected chi connectivity index (χ3v) is 3.36. The third-order valence-electron chi connectivity index (χ3n) is 2.75. The summed E-state index contributed by atoms with van der Waals surface area (Å²) in [4.78, 5) is 0. The molecule has 0 aliphatic rings. The first kappa shape index (κ1) is 14.9. The molecule has 106 valence electrons. The normalized spacial score (nSPS) is 12.2. The second-order valence-electron chi connectivity index (χ2n) is 4.19. The standard InChI is InChI=1S/C14H11BrF3NO/c15-10-5-12(18)13(6-11(10)17)19-7-14(20)8-1-3-9(16)4-2-8/h1-6,14,19-20H,7H2. The highest BCUT2D eigenvalue weighted by Crippen LogP contribution is 2.24. The van der Waals surface area contributed by atoms with Crippen LogP contribution in [-0.2, 0) is 0 Å². The second kappa shape index (κ2) is 6.28. The molecule has 1 unspecified atom stereocenters. The Morgan fingerprint density at radius 2 is 1.70 bits per heavy atom. The zero-order chi connectivity index (χ0) is 14.7. The van der Waals surface area contributed by atoms with Gasteiger partial charge in [-0.3, -0.25) is 0 Å². The van der Waals surface area contributed by atoms with Crippen LogP contribution in [0, 0.1) is 17.5 Å². The summed E-state index contributed by atoms with van der Waals surface area (Å²) in [7, 11) is 0. The van der Waals surface area contributed by atoms with Crippen molar-refractivity contribution in [2.24, 2.45) is 0 Å². The fraction of sp³-hybridized carbons (Fsp3) is 0.143. The predicted octanol–water partition coefficient (Wildman–Crippen LogP) is 4.01. The van der Waals surface area contributed by atoms with Crippen LogP contribution in [0.3, 0.4) is 0 Å². The summed E-state index contributed by atoms with van der Waals surface area (Å²) in [6.45, 7) is -0.0242. The van der Waals surface area contributed by atoms with Crippen LogP contribution >= 0.6 is 15.9 Å². The maximum absolute atomic E-state index is 13.5. The van der Waals surface area contributed by atoms with E-state index in [-0.39, 0.29) is 16.7 Å². The molecule has 0 fully saturated rings. The second-order valence-corrected chi connectivity index (χ2v) is 5.05. The highest BCUT2D eigenvalue weighted by molar-refractivity contribution is 9.10. The maximum atomic E-state index is 13.5. The number of aliphatic hydroxyl groups is 1. The van der Waals surface area contributed by atoms with Gasteiger partial charge in [-0.2, -0.15) is 0 Å². The quantitative estimate of drug-likeness (QED) is 0.820. The minimum atomic E-state index is -0.957. The van der Waals surface area contributed by atoms with Gasteiger partial charge in [-0.25, -0.2) is 13.2 Å². The molecule has 0 saturated heterocycles. The van der Waals surface area contributed by atoms with Crippen LogP contribution in [0.1, 0.15) is 11.7 Å². The molecule has 0 saturated carbocycles. The number of hydrogen-bond donors (Lipinski definition) is 2. The lowest BCUT2D eigenvalue weighted by molar-refractivity contribution is 0.191. The zero-order valence-electron chi connectivity index (χ0n) is 10.2. The van der Waals surface area contributed by atoms with Crippen molar-refractivity contribution in [2.45, 2.75) is 6.10 Å². The molecule has 1 atom stereocenters. The van der Waals surface area contributed by atoms with E-state index in [0.717, 1.165) is 12.1 Å².